The number of benzene rings is 1. The molecule has 2 N–H and O–H groups in total. The van der Waals surface area contributed by atoms with E-state index in [0.29, 0.717) is 18.2 Å². The van der Waals surface area contributed by atoms with Crippen LogP contribution in [0.1, 0.15) is 24.4 Å². The third kappa shape index (κ3) is 4.35. The second-order valence-corrected chi connectivity index (χ2v) is 4.95. The molecule has 1 atom stereocenters. The average Bonchev–Trinajstić information content (AvgIpc) is 2.60. The zero-order chi connectivity index (χ0) is 13.5. The maximum absolute atomic E-state index is 8.63. The van der Waals surface area contributed by atoms with E-state index in [4.69, 9.17) is 26.2 Å². The predicted octanol–water partition coefficient (Wildman–Crippen LogP) is 2.15. The van der Waals surface area contributed by atoms with E-state index in [2.05, 4.69) is 5.32 Å². The Kier molecular flexibility index (Phi) is 5.92. The Balaban J connectivity index is 1.93. The molecular formula is C14H20ClNO3. The van der Waals surface area contributed by atoms with E-state index in [9.17, 15) is 0 Å². The van der Waals surface area contributed by atoms with Crippen molar-refractivity contribution in [2.24, 2.45) is 0 Å². The van der Waals surface area contributed by atoms with E-state index in [-0.39, 0.29) is 12.6 Å². The molecular weight excluding hydrogens is 266 g/mol. The second-order valence-electron chi connectivity index (χ2n) is 4.52. The van der Waals surface area contributed by atoms with E-state index in [0.717, 1.165) is 37.3 Å². The van der Waals surface area contributed by atoms with Crippen molar-refractivity contribution in [3.63, 3.8) is 0 Å². The van der Waals surface area contributed by atoms with Crippen LogP contribution in [0.3, 0.4) is 0 Å². The normalized spacial score (nSPS) is 18.5. The Labute approximate surface area is 118 Å². The van der Waals surface area contributed by atoms with E-state index < -0.39 is 0 Å². The molecule has 0 aromatic heterocycles. The van der Waals surface area contributed by atoms with Crippen molar-refractivity contribution >= 4 is 11.6 Å². The third-order valence-corrected chi connectivity index (χ3v) is 3.35. The Bertz CT molecular complexity index is 400. The van der Waals surface area contributed by atoms with E-state index >= 15 is 0 Å². The molecule has 2 rings (SSSR count). The van der Waals surface area contributed by atoms with Gasteiger partial charge >= 0.3 is 0 Å². The van der Waals surface area contributed by atoms with Crippen molar-refractivity contribution in [3.05, 3.63) is 28.8 Å². The van der Waals surface area contributed by atoms with Crippen molar-refractivity contribution in [3.8, 4) is 5.75 Å². The molecule has 1 aromatic rings. The molecule has 1 heterocycles. The average molecular weight is 286 g/mol. The van der Waals surface area contributed by atoms with Gasteiger partial charge in [-0.3, -0.25) is 0 Å². The summed E-state index contributed by atoms with van der Waals surface area (Å²) in [7, 11) is 0. The first kappa shape index (κ1) is 14.6. The quantitative estimate of drug-likeness (QED) is 0.787. The van der Waals surface area contributed by atoms with Crippen LogP contribution in [0.4, 0.5) is 0 Å². The van der Waals surface area contributed by atoms with Crippen LogP contribution in [-0.2, 0) is 4.74 Å². The summed E-state index contributed by atoms with van der Waals surface area (Å²) < 4.78 is 11.0. The first-order valence-corrected chi connectivity index (χ1v) is 7.03. The zero-order valence-electron chi connectivity index (χ0n) is 10.9. The minimum atomic E-state index is 0.0681. The van der Waals surface area contributed by atoms with E-state index in [1.165, 1.54) is 0 Å². The molecule has 0 bridgehead atoms. The van der Waals surface area contributed by atoms with Crippen LogP contribution in [0.25, 0.3) is 0 Å². The highest BCUT2D eigenvalue weighted by molar-refractivity contribution is 6.30. The number of halogens is 1. The van der Waals surface area contributed by atoms with Gasteiger partial charge in [-0.15, -0.1) is 0 Å². The van der Waals surface area contributed by atoms with Gasteiger partial charge < -0.3 is 19.9 Å². The van der Waals surface area contributed by atoms with E-state index in [1.807, 2.05) is 18.2 Å². The number of hydrogen-bond donors (Lipinski definition) is 2. The number of aliphatic hydroxyl groups is 1. The molecule has 106 valence electrons. The first-order chi connectivity index (χ1) is 9.31. The van der Waals surface area contributed by atoms with Crippen LogP contribution in [0.2, 0.25) is 5.02 Å². The molecule has 4 nitrogen and oxygen atoms in total. The van der Waals surface area contributed by atoms with Gasteiger partial charge in [-0.2, -0.15) is 0 Å². The molecule has 0 amide bonds. The minimum absolute atomic E-state index is 0.0681. The van der Waals surface area contributed by atoms with Crippen LogP contribution in [0.15, 0.2) is 18.2 Å². The van der Waals surface area contributed by atoms with Gasteiger partial charge in [0.05, 0.1) is 26.4 Å². The molecule has 0 saturated heterocycles. The minimum Gasteiger partial charge on any atom is -0.493 e. The number of nitrogens with one attached hydrogen (secondary N) is 1. The maximum atomic E-state index is 8.63. The van der Waals surface area contributed by atoms with Gasteiger partial charge in [-0.25, -0.2) is 0 Å². The van der Waals surface area contributed by atoms with Gasteiger partial charge in [0, 0.05) is 23.2 Å². The summed E-state index contributed by atoms with van der Waals surface area (Å²) in [5, 5.41) is 12.8. The van der Waals surface area contributed by atoms with E-state index in [1.54, 1.807) is 0 Å². The van der Waals surface area contributed by atoms with Gasteiger partial charge in [0.2, 0.25) is 0 Å². The molecule has 1 unspecified atom stereocenters. The Morgan fingerprint density at radius 1 is 1.42 bits per heavy atom. The molecule has 1 aliphatic rings. The lowest BCUT2D eigenvalue weighted by atomic mass is 10.0. The Morgan fingerprint density at radius 3 is 3.16 bits per heavy atom. The number of aliphatic hydroxyl groups excluding tert-OH is 1. The van der Waals surface area contributed by atoms with Crippen molar-refractivity contribution in [1.82, 2.24) is 5.32 Å². The summed E-state index contributed by atoms with van der Waals surface area (Å²) in [5.74, 6) is 0.874. The first-order valence-electron chi connectivity index (χ1n) is 6.65. The predicted molar refractivity (Wildman–Crippen MR) is 74.8 cm³/mol. The SMILES string of the molecule is OCCOCCNC1CCCOc2cc(Cl)ccc21. The number of rotatable bonds is 6. The van der Waals surface area contributed by atoms with Gasteiger partial charge in [0.25, 0.3) is 0 Å². The number of fused-ring (bicyclic) bond motifs is 1. The highest BCUT2D eigenvalue weighted by Gasteiger charge is 2.19. The topological polar surface area (TPSA) is 50.7 Å². The van der Waals surface area contributed by atoms with Gasteiger partial charge in [-0.1, -0.05) is 17.7 Å². The molecule has 0 aliphatic carbocycles. The Morgan fingerprint density at radius 2 is 2.32 bits per heavy atom. The van der Waals surface area contributed by atoms with Crippen LogP contribution < -0.4 is 10.1 Å². The lowest BCUT2D eigenvalue weighted by Gasteiger charge is -2.18. The van der Waals surface area contributed by atoms with Crippen LogP contribution in [-0.4, -0.2) is 38.1 Å². The lowest BCUT2D eigenvalue weighted by molar-refractivity contribution is 0.0924. The smallest absolute Gasteiger partial charge is 0.125 e. The van der Waals surface area contributed by atoms with Crippen LogP contribution >= 0.6 is 11.6 Å². The highest BCUT2D eigenvalue weighted by atomic mass is 35.5. The maximum Gasteiger partial charge on any atom is 0.125 e. The van der Waals surface area contributed by atoms with Crippen LogP contribution in [0, 0.1) is 0 Å². The third-order valence-electron chi connectivity index (χ3n) is 3.12. The molecule has 5 heteroatoms. The fourth-order valence-electron chi connectivity index (χ4n) is 2.23. The summed E-state index contributed by atoms with van der Waals surface area (Å²) in [6.45, 7) is 2.54. The molecule has 0 radical (unpaired) electrons. The van der Waals surface area contributed by atoms with Crippen molar-refractivity contribution in [1.29, 1.82) is 0 Å². The molecule has 19 heavy (non-hydrogen) atoms. The fraction of sp³-hybridized carbons (Fsp3) is 0.571. The molecule has 0 fully saturated rings. The van der Waals surface area contributed by atoms with Crippen molar-refractivity contribution in [2.75, 3.05) is 33.0 Å². The van der Waals surface area contributed by atoms with Crippen molar-refractivity contribution in [2.45, 2.75) is 18.9 Å². The highest BCUT2D eigenvalue weighted by Crippen LogP contribution is 2.33. The zero-order valence-corrected chi connectivity index (χ0v) is 11.7. The van der Waals surface area contributed by atoms with Gasteiger partial charge in [0.15, 0.2) is 0 Å². The summed E-state index contributed by atoms with van der Waals surface area (Å²) >= 11 is 6.00. The van der Waals surface area contributed by atoms with Crippen LogP contribution in [0.5, 0.6) is 5.75 Å². The molecule has 1 aromatic carbocycles. The molecule has 1 aliphatic heterocycles. The van der Waals surface area contributed by atoms with Gasteiger partial charge in [0.1, 0.15) is 5.75 Å². The Hall–Kier alpha value is -0.810. The molecule has 0 spiro atoms. The fourth-order valence-corrected chi connectivity index (χ4v) is 2.39. The number of ether oxygens (including phenoxy) is 2. The van der Waals surface area contributed by atoms with Gasteiger partial charge in [-0.05, 0) is 25.0 Å². The summed E-state index contributed by atoms with van der Waals surface area (Å²) in [6.07, 6.45) is 2.05. The largest absolute Gasteiger partial charge is 0.493 e. The standard InChI is InChI=1S/C14H20ClNO3/c15-11-3-4-12-13(16-5-8-18-9-6-17)2-1-7-19-14(12)10-11/h3-4,10,13,16-17H,1-2,5-9H2. The summed E-state index contributed by atoms with van der Waals surface area (Å²) in [4.78, 5) is 0. The summed E-state index contributed by atoms with van der Waals surface area (Å²) in [5.41, 5.74) is 1.16. The van der Waals surface area contributed by atoms with Crippen molar-refractivity contribution < 1.29 is 14.6 Å². The number of hydrogen-bond acceptors (Lipinski definition) is 4. The monoisotopic (exact) mass is 285 g/mol. The second kappa shape index (κ2) is 7.70. The lowest BCUT2D eigenvalue weighted by Crippen LogP contribution is -2.25. The molecule has 0 saturated carbocycles. The summed E-state index contributed by atoms with van der Waals surface area (Å²) in [6, 6.07) is 6.06.